The molecule has 0 aliphatic carbocycles. The summed E-state index contributed by atoms with van der Waals surface area (Å²) in [7, 11) is 0. The molecule has 1 N–H and O–H groups in total. The van der Waals surface area contributed by atoms with Crippen LogP contribution in [-0.4, -0.2) is 9.55 Å². The Bertz CT molecular complexity index is 896. The highest BCUT2D eigenvalue weighted by atomic mass is 32.1. The summed E-state index contributed by atoms with van der Waals surface area (Å²) >= 11 is 5.21. The first-order valence-electron chi connectivity index (χ1n) is 6.28. The van der Waals surface area contributed by atoms with Crippen molar-refractivity contribution in [3.05, 3.63) is 63.7 Å². The quantitative estimate of drug-likeness (QED) is 0.693. The number of imidazole rings is 1. The Balaban J connectivity index is 2.11. The van der Waals surface area contributed by atoms with Crippen LogP contribution in [0.2, 0.25) is 0 Å². The van der Waals surface area contributed by atoms with Crippen LogP contribution in [0.3, 0.4) is 0 Å². The van der Waals surface area contributed by atoms with Crippen LogP contribution in [0.4, 0.5) is 13.2 Å². The molecule has 0 aliphatic rings. The molecule has 0 unspecified atom stereocenters. The van der Waals surface area contributed by atoms with Crippen molar-refractivity contribution >= 4 is 23.3 Å². The van der Waals surface area contributed by atoms with Crippen LogP contribution in [0.15, 0.2) is 30.3 Å². The van der Waals surface area contributed by atoms with Crippen LogP contribution < -0.4 is 0 Å². The standard InChI is InChI=1S/C15H11F3N2S/c1-8-4-14-13(6-11(8)17)19-15(21)20(14)7-9-2-3-10(16)12(18)5-9/h2-6H,7H2,1H3,(H,19,21). The van der Waals surface area contributed by atoms with Gasteiger partial charge < -0.3 is 9.55 Å². The first kappa shape index (κ1) is 13.9. The number of nitrogens with one attached hydrogen (secondary N) is 1. The number of fused-ring (bicyclic) bond motifs is 1. The number of nitrogens with zero attached hydrogens (tertiary/aromatic N) is 1. The molecule has 21 heavy (non-hydrogen) atoms. The molecule has 2 aromatic carbocycles. The molecule has 1 aromatic heterocycles. The smallest absolute Gasteiger partial charge is 0.178 e. The highest BCUT2D eigenvalue weighted by Crippen LogP contribution is 2.20. The van der Waals surface area contributed by atoms with Crippen molar-refractivity contribution in [1.29, 1.82) is 0 Å². The number of hydrogen-bond acceptors (Lipinski definition) is 1. The van der Waals surface area contributed by atoms with Gasteiger partial charge in [0.15, 0.2) is 16.4 Å². The Morgan fingerprint density at radius 3 is 2.52 bits per heavy atom. The first-order chi connectivity index (χ1) is 9.95. The predicted molar refractivity (Wildman–Crippen MR) is 77.3 cm³/mol. The molecule has 1 heterocycles. The van der Waals surface area contributed by atoms with E-state index in [0.29, 0.717) is 21.4 Å². The number of halogens is 3. The van der Waals surface area contributed by atoms with E-state index in [2.05, 4.69) is 4.98 Å². The maximum absolute atomic E-state index is 13.6. The van der Waals surface area contributed by atoms with Gasteiger partial charge in [-0.1, -0.05) is 6.07 Å². The molecule has 2 nitrogen and oxygen atoms in total. The van der Waals surface area contributed by atoms with E-state index in [1.165, 1.54) is 12.1 Å². The molecule has 0 fully saturated rings. The highest BCUT2D eigenvalue weighted by molar-refractivity contribution is 7.71. The molecule has 6 heteroatoms. The van der Waals surface area contributed by atoms with Crippen LogP contribution >= 0.6 is 12.2 Å². The van der Waals surface area contributed by atoms with E-state index >= 15 is 0 Å². The van der Waals surface area contributed by atoms with Gasteiger partial charge in [-0.05, 0) is 54.5 Å². The summed E-state index contributed by atoms with van der Waals surface area (Å²) in [6.45, 7) is 1.94. The van der Waals surface area contributed by atoms with E-state index in [1.807, 2.05) is 0 Å². The fourth-order valence-corrected chi connectivity index (χ4v) is 2.53. The van der Waals surface area contributed by atoms with Crippen LogP contribution in [0, 0.1) is 29.1 Å². The minimum absolute atomic E-state index is 0.279. The molecule has 0 radical (unpaired) electrons. The zero-order chi connectivity index (χ0) is 15.1. The van der Waals surface area contributed by atoms with Crippen molar-refractivity contribution in [1.82, 2.24) is 9.55 Å². The minimum Gasteiger partial charge on any atom is -0.330 e. The van der Waals surface area contributed by atoms with Gasteiger partial charge in [0.05, 0.1) is 17.6 Å². The number of hydrogen-bond donors (Lipinski definition) is 1. The van der Waals surface area contributed by atoms with E-state index in [-0.39, 0.29) is 12.4 Å². The predicted octanol–water partition coefficient (Wildman–Crippen LogP) is 4.47. The zero-order valence-corrected chi connectivity index (χ0v) is 11.9. The van der Waals surface area contributed by atoms with Crippen molar-refractivity contribution in [3.8, 4) is 0 Å². The molecule has 0 atom stereocenters. The maximum Gasteiger partial charge on any atom is 0.178 e. The molecule has 3 aromatic rings. The molecule has 108 valence electrons. The minimum atomic E-state index is -0.902. The lowest BCUT2D eigenvalue weighted by Crippen LogP contribution is -2.01. The normalized spacial score (nSPS) is 11.2. The largest absolute Gasteiger partial charge is 0.330 e. The Morgan fingerprint density at radius 1 is 1.05 bits per heavy atom. The fourth-order valence-electron chi connectivity index (χ4n) is 2.26. The highest BCUT2D eigenvalue weighted by Gasteiger charge is 2.10. The Hall–Kier alpha value is -2.08. The average molecular weight is 308 g/mol. The molecule has 3 rings (SSSR count). The van der Waals surface area contributed by atoms with Crippen molar-refractivity contribution < 1.29 is 13.2 Å². The zero-order valence-electron chi connectivity index (χ0n) is 11.1. The van der Waals surface area contributed by atoms with Gasteiger partial charge in [-0.3, -0.25) is 0 Å². The van der Waals surface area contributed by atoms with Crippen molar-refractivity contribution in [2.75, 3.05) is 0 Å². The molecule has 0 amide bonds. The van der Waals surface area contributed by atoms with E-state index in [9.17, 15) is 13.2 Å². The lowest BCUT2D eigenvalue weighted by molar-refractivity contribution is 0.506. The summed E-state index contributed by atoms with van der Waals surface area (Å²) in [6.07, 6.45) is 0. The number of benzene rings is 2. The number of H-pyrrole nitrogens is 1. The summed E-state index contributed by atoms with van der Waals surface area (Å²) in [6, 6.07) is 6.76. The van der Waals surface area contributed by atoms with E-state index < -0.39 is 11.6 Å². The molecule has 0 aliphatic heterocycles. The summed E-state index contributed by atoms with van der Waals surface area (Å²) < 4.78 is 41.9. The van der Waals surface area contributed by atoms with Gasteiger partial charge in [0.1, 0.15) is 5.82 Å². The molecule has 0 saturated carbocycles. The van der Waals surface area contributed by atoms with E-state index in [0.717, 1.165) is 17.6 Å². The van der Waals surface area contributed by atoms with Crippen LogP contribution in [0.5, 0.6) is 0 Å². The molecule has 0 bridgehead atoms. The van der Waals surface area contributed by atoms with Crippen LogP contribution in [0.25, 0.3) is 11.0 Å². The third-order valence-electron chi connectivity index (χ3n) is 3.38. The summed E-state index contributed by atoms with van der Waals surface area (Å²) in [4.78, 5) is 2.91. The van der Waals surface area contributed by atoms with Gasteiger partial charge in [0, 0.05) is 0 Å². The van der Waals surface area contributed by atoms with Gasteiger partial charge in [0.2, 0.25) is 0 Å². The second-order valence-electron chi connectivity index (χ2n) is 4.88. The monoisotopic (exact) mass is 308 g/mol. The fraction of sp³-hybridized carbons (Fsp3) is 0.133. The van der Waals surface area contributed by atoms with Gasteiger partial charge in [-0.2, -0.15) is 0 Å². The van der Waals surface area contributed by atoms with Gasteiger partial charge >= 0.3 is 0 Å². The molecule has 0 saturated heterocycles. The third-order valence-corrected chi connectivity index (χ3v) is 3.70. The first-order valence-corrected chi connectivity index (χ1v) is 6.69. The summed E-state index contributed by atoms with van der Waals surface area (Å²) in [5, 5.41) is 0. The Morgan fingerprint density at radius 2 is 1.81 bits per heavy atom. The number of aromatic nitrogens is 2. The SMILES string of the molecule is Cc1cc2c(cc1F)[nH]c(=S)n2Cc1ccc(F)c(F)c1. The van der Waals surface area contributed by atoms with Crippen molar-refractivity contribution in [2.45, 2.75) is 13.5 Å². The van der Waals surface area contributed by atoms with E-state index in [1.54, 1.807) is 17.6 Å². The average Bonchev–Trinajstić information content (AvgIpc) is 2.71. The van der Waals surface area contributed by atoms with Crippen molar-refractivity contribution in [3.63, 3.8) is 0 Å². The van der Waals surface area contributed by atoms with Gasteiger partial charge in [0.25, 0.3) is 0 Å². The maximum atomic E-state index is 13.6. The number of aromatic amines is 1. The lowest BCUT2D eigenvalue weighted by atomic mass is 10.2. The Kier molecular flexibility index (Phi) is 3.33. The van der Waals surface area contributed by atoms with Crippen LogP contribution in [0.1, 0.15) is 11.1 Å². The Labute approximate surface area is 123 Å². The molecule has 0 spiro atoms. The van der Waals surface area contributed by atoms with Gasteiger partial charge in [-0.15, -0.1) is 0 Å². The topological polar surface area (TPSA) is 20.7 Å². The van der Waals surface area contributed by atoms with Crippen molar-refractivity contribution in [2.24, 2.45) is 0 Å². The second-order valence-corrected chi connectivity index (χ2v) is 5.27. The third kappa shape index (κ3) is 2.47. The molecular weight excluding hydrogens is 297 g/mol. The van der Waals surface area contributed by atoms with Crippen LogP contribution in [-0.2, 0) is 6.54 Å². The van der Waals surface area contributed by atoms with Gasteiger partial charge in [-0.25, -0.2) is 13.2 Å². The van der Waals surface area contributed by atoms with E-state index in [4.69, 9.17) is 12.2 Å². The number of aryl methyl sites for hydroxylation is 1. The second kappa shape index (κ2) is 5.04. The lowest BCUT2D eigenvalue weighted by Gasteiger charge is -2.06. The summed E-state index contributed by atoms with van der Waals surface area (Å²) in [5.41, 5.74) is 2.37. The summed E-state index contributed by atoms with van der Waals surface area (Å²) in [5.74, 6) is -2.11. The number of rotatable bonds is 2. The molecular formula is C15H11F3N2S.